The van der Waals surface area contributed by atoms with Gasteiger partial charge in [-0.05, 0) is 52.5 Å². The Morgan fingerprint density at radius 3 is 2.12 bits per heavy atom. The van der Waals surface area contributed by atoms with Gasteiger partial charge in [0.1, 0.15) is 0 Å². The monoisotopic (exact) mass is 321 g/mol. The molecule has 0 atom stereocenters. The fourth-order valence-corrected chi connectivity index (χ4v) is 3.01. The third kappa shape index (κ3) is 3.90. The highest BCUT2D eigenvalue weighted by Crippen LogP contribution is 2.37. The van der Waals surface area contributed by atoms with Crippen LogP contribution >= 0.6 is 0 Å². The van der Waals surface area contributed by atoms with Gasteiger partial charge >= 0.3 is 0 Å². The third-order valence-electron chi connectivity index (χ3n) is 4.39. The molecule has 2 aromatic carbocycles. The molecule has 24 heavy (non-hydrogen) atoms. The maximum absolute atomic E-state index is 3.78. The summed E-state index contributed by atoms with van der Waals surface area (Å²) in [6, 6.07) is 11.4. The Bertz CT molecular complexity index is 780. The Kier molecular flexibility index (Phi) is 4.94. The van der Waals surface area contributed by atoms with E-state index in [2.05, 4.69) is 90.7 Å². The molecular formula is C23H31N. The zero-order valence-corrected chi connectivity index (χ0v) is 16.2. The van der Waals surface area contributed by atoms with Crippen molar-refractivity contribution >= 4 is 16.5 Å². The second kappa shape index (κ2) is 6.47. The normalized spacial score (nSPS) is 13.2. The van der Waals surface area contributed by atoms with Crippen molar-refractivity contribution in [3.63, 3.8) is 0 Å². The SMILES string of the molecule is C=C/C=C(\C)Nc1ccc(C(C)(C)C)c2ccc(C(C)(C)C)cc12. The number of fused-ring (bicyclic) bond motifs is 1. The molecule has 0 amide bonds. The maximum atomic E-state index is 3.78. The zero-order valence-electron chi connectivity index (χ0n) is 16.2. The lowest BCUT2D eigenvalue weighted by atomic mass is 9.81. The van der Waals surface area contributed by atoms with Gasteiger partial charge in [0, 0.05) is 16.8 Å². The van der Waals surface area contributed by atoms with Crippen LogP contribution in [-0.4, -0.2) is 0 Å². The summed E-state index contributed by atoms with van der Waals surface area (Å²) in [4.78, 5) is 0. The lowest BCUT2D eigenvalue weighted by Gasteiger charge is -2.25. The molecule has 0 radical (unpaired) electrons. The second-order valence-corrected chi connectivity index (χ2v) is 8.63. The Morgan fingerprint density at radius 1 is 0.917 bits per heavy atom. The first-order valence-corrected chi connectivity index (χ1v) is 8.68. The first kappa shape index (κ1) is 18.3. The van der Waals surface area contributed by atoms with E-state index < -0.39 is 0 Å². The minimum absolute atomic E-state index is 0.117. The van der Waals surface area contributed by atoms with Crippen molar-refractivity contribution in [3.8, 4) is 0 Å². The first-order chi connectivity index (χ1) is 11.0. The van der Waals surface area contributed by atoms with Crippen LogP contribution in [0.3, 0.4) is 0 Å². The number of nitrogens with one attached hydrogen (secondary N) is 1. The molecular weight excluding hydrogens is 290 g/mol. The van der Waals surface area contributed by atoms with Gasteiger partial charge in [0.2, 0.25) is 0 Å². The van der Waals surface area contributed by atoms with Crippen molar-refractivity contribution in [2.45, 2.75) is 59.3 Å². The third-order valence-corrected chi connectivity index (χ3v) is 4.39. The van der Waals surface area contributed by atoms with Crippen LogP contribution < -0.4 is 5.32 Å². The Morgan fingerprint density at radius 2 is 1.58 bits per heavy atom. The quantitative estimate of drug-likeness (QED) is 0.604. The van der Waals surface area contributed by atoms with Crippen LogP contribution in [0.5, 0.6) is 0 Å². The van der Waals surface area contributed by atoms with E-state index in [4.69, 9.17) is 0 Å². The molecule has 0 spiro atoms. The van der Waals surface area contributed by atoms with E-state index in [1.54, 1.807) is 0 Å². The molecule has 0 fully saturated rings. The van der Waals surface area contributed by atoms with Crippen LogP contribution in [0.2, 0.25) is 0 Å². The van der Waals surface area contributed by atoms with E-state index >= 15 is 0 Å². The smallest absolute Gasteiger partial charge is 0.0461 e. The molecule has 0 aliphatic heterocycles. The molecule has 1 N–H and O–H groups in total. The van der Waals surface area contributed by atoms with Gasteiger partial charge in [0.25, 0.3) is 0 Å². The summed E-state index contributed by atoms with van der Waals surface area (Å²) in [5, 5.41) is 6.14. The van der Waals surface area contributed by atoms with Crippen LogP contribution in [-0.2, 0) is 10.8 Å². The summed E-state index contributed by atoms with van der Waals surface area (Å²) >= 11 is 0. The average molecular weight is 322 g/mol. The molecule has 1 nitrogen and oxygen atoms in total. The predicted molar refractivity (Wildman–Crippen MR) is 109 cm³/mol. The van der Waals surface area contributed by atoms with Gasteiger partial charge in [-0.15, -0.1) is 0 Å². The maximum Gasteiger partial charge on any atom is 0.0461 e. The molecule has 0 saturated heterocycles. The van der Waals surface area contributed by atoms with Gasteiger partial charge in [0.05, 0.1) is 0 Å². The van der Waals surface area contributed by atoms with Crippen LogP contribution in [0.4, 0.5) is 5.69 Å². The van der Waals surface area contributed by atoms with Gasteiger partial charge in [-0.25, -0.2) is 0 Å². The number of rotatable bonds is 3. The van der Waals surface area contributed by atoms with Crippen LogP contribution in [0.1, 0.15) is 59.6 Å². The number of anilines is 1. The summed E-state index contributed by atoms with van der Waals surface area (Å²) in [6.07, 6.45) is 3.81. The number of hydrogen-bond acceptors (Lipinski definition) is 1. The minimum Gasteiger partial charge on any atom is -0.359 e. The largest absolute Gasteiger partial charge is 0.359 e. The summed E-state index contributed by atoms with van der Waals surface area (Å²) < 4.78 is 0. The Labute approximate surface area is 147 Å². The molecule has 0 bridgehead atoms. The summed E-state index contributed by atoms with van der Waals surface area (Å²) in [5.41, 5.74) is 5.24. The molecule has 128 valence electrons. The van der Waals surface area contributed by atoms with Crippen molar-refractivity contribution in [2.75, 3.05) is 5.32 Å². The highest BCUT2D eigenvalue weighted by Gasteiger charge is 2.20. The molecule has 0 aliphatic carbocycles. The van der Waals surface area contributed by atoms with Gasteiger partial charge in [-0.2, -0.15) is 0 Å². The lowest BCUT2D eigenvalue weighted by Crippen LogP contribution is -2.14. The highest BCUT2D eigenvalue weighted by atomic mass is 14.9. The average Bonchev–Trinajstić information content (AvgIpc) is 2.45. The molecule has 0 saturated carbocycles. The topological polar surface area (TPSA) is 12.0 Å². The lowest BCUT2D eigenvalue weighted by molar-refractivity contribution is 0.590. The minimum atomic E-state index is 0.117. The highest BCUT2D eigenvalue weighted by molar-refractivity contribution is 5.97. The van der Waals surface area contributed by atoms with E-state index in [1.807, 2.05) is 12.2 Å². The second-order valence-electron chi connectivity index (χ2n) is 8.63. The van der Waals surface area contributed by atoms with Gasteiger partial charge in [-0.1, -0.05) is 72.4 Å². The van der Waals surface area contributed by atoms with Crippen LogP contribution in [0.25, 0.3) is 10.8 Å². The first-order valence-electron chi connectivity index (χ1n) is 8.68. The molecule has 2 aromatic rings. The number of hydrogen-bond donors (Lipinski definition) is 1. The van der Waals surface area contributed by atoms with Gasteiger partial charge in [-0.3, -0.25) is 0 Å². The molecule has 0 aromatic heterocycles. The fraction of sp³-hybridized carbons (Fsp3) is 0.391. The van der Waals surface area contributed by atoms with E-state index in [0.717, 1.165) is 11.4 Å². The van der Waals surface area contributed by atoms with Crippen molar-refractivity contribution in [1.82, 2.24) is 0 Å². The van der Waals surface area contributed by atoms with Crippen LogP contribution in [0, 0.1) is 0 Å². The predicted octanol–water partition coefficient (Wildman–Crippen LogP) is 6.94. The fourth-order valence-electron chi connectivity index (χ4n) is 3.01. The Balaban J connectivity index is 2.74. The van der Waals surface area contributed by atoms with Crippen molar-refractivity contribution in [1.29, 1.82) is 0 Å². The van der Waals surface area contributed by atoms with E-state index in [1.165, 1.54) is 21.9 Å². The molecule has 0 heterocycles. The van der Waals surface area contributed by atoms with E-state index in [9.17, 15) is 0 Å². The van der Waals surface area contributed by atoms with Crippen molar-refractivity contribution in [2.24, 2.45) is 0 Å². The van der Waals surface area contributed by atoms with Crippen molar-refractivity contribution < 1.29 is 0 Å². The summed E-state index contributed by atoms with van der Waals surface area (Å²) in [6.45, 7) is 19.5. The van der Waals surface area contributed by atoms with E-state index in [-0.39, 0.29) is 10.8 Å². The number of allylic oxidation sites excluding steroid dienone is 3. The Hall–Kier alpha value is -2.02. The number of benzene rings is 2. The van der Waals surface area contributed by atoms with Crippen LogP contribution in [0.15, 0.2) is 54.8 Å². The summed E-state index contributed by atoms with van der Waals surface area (Å²) in [5.74, 6) is 0. The molecule has 1 heteroatoms. The zero-order chi connectivity index (χ0) is 18.1. The molecule has 0 aliphatic rings. The van der Waals surface area contributed by atoms with Gasteiger partial charge < -0.3 is 5.32 Å². The standard InChI is InChI=1S/C23H31N/c1-9-10-16(2)24-21-14-13-20(23(6,7)8)18-12-11-17(15-19(18)21)22(3,4)5/h9-15,24H,1H2,2-8H3/b16-10+. The van der Waals surface area contributed by atoms with Gasteiger partial charge in [0.15, 0.2) is 0 Å². The summed E-state index contributed by atoms with van der Waals surface area (Å²) in [7, 11) is 0. The molecule has 0 unspecified atom stereocenters. The van der Waals surface area contributed by atoms with Crippen molar-refractivity contribution in [3.05, 3.63) is 65.9 Å². The molecule has 2 rings (SSSR count). The van der Waals surface area contributed by atoms with E-state index in [0.29, 0.717) is 0 Å².